The lowest BCUT2D eigenvalue weighted by Crippen LogP contribution is -2.17. The zero-order valence-electron chi connectivity index (χ0n) is 5.59. The normalized spacial score (nSPS) is 46.6. The van der Waals surface area contributed by atoms with Crippen LogP contribution in [0.3, 0.4) is 0 Å². The van der Waals surface area contributed by atoms with Gasteiger partial charge in [0, 0.05) is 0 Å². The molecule has 50 valence electrons. The van der Waals surface area contributed by atoms with Crippen molar-refractivity contribution in [3.8, 4) is 0 Å². The van der Waals surface area contributed by atoms with Gasteiger partial charge in [-0.1, -0.05) is 12.2 Å². The second-order valence-electron chi connectivity index (χ2n) is 3.28. The largest absolute Gasteiger partial charge is 0.330 e. The fourth-order valence-corrected chi connectivity index (χ4v) is 2.17. The summed E-state index contributed by atoms with van der Waals surface area (Å²) in [6, 6.07) is 0. The standard InChI is InChI=1S/C8H13N/c9-5-8-4-6-1-2-7(8)3-6/h1-2,6-8H,3-5,9H2/t6-,7+,8+/m0/s1. The Hall–Kier alpha value is -0.300. The van der Waals surface area contributed by atoms with Crippen molar-refractivity contribution in [3.05, 3.63) is 12.2 Å². The third-order valence-electron chi connectivity index (χ3n) is 2.72. The first-order valence-electron chi connectivity index (χ1n) is 3.78. The molecular formula is C8H13N. The Morgan fingerprint density at radius 2 is 2.22 bits per heavy atom. The minimum Gasteiger partial charge on any atom is -0.330 e. The van der Waals surface area contributed by atoms with Crippen LogP contribution in [-0.4, -0.2) is 6.54 Å². The summed E-state index contributed by atoms with van der Waals surface area (Å²) in [7, 11) is 0. The highest BCUT2D eigenvalue weighted by Gasteiger charge is 2.34. The monoisotopic (exact) mass is 123 g/mol. The Bertz CT molecular complexity index is 140. The molecule has 0 spiro atoms. The SMILES string of the molecule is NC[C@H]1C[C@H]2C=C[C@@H]1C2. The maximum atomic E-state index is 5.59. The van der Waals surface area contributed by atoms with Crippen LogP contribution in [0.5, 0.6) is 0 Å². The Labute approximate surface area is 55.9 Å². The number of rotatable bonds is 1. The van der Waals surface area contributed by atoms with Gasteiger partial charge >= 0.3 is 0 Å². The third kappa shape index (κ3) is 0.715. The molecule has 0 heterocycles. The Morgan fingerprint density at radius 3 is 2.56 bits per heavy atom. The van der Waals surface area contributed by atoms with Crippen molar-refractivity contribution in [2.45, 2.75) is 12.8 Å². The lowest BCUT2D eigenvalue weighted by Gasteiger charge is -2.14. The first kappa shape index (κ1) is 5.48. The van der Waals surface area contributed by atoms with Crippen LogP contribution in [-0.2, 0) is 0 Å². The molecule has 0 unspecified atom stereocenters. The van der Waals surface area contributed by atoms with Crippen molar-refractivity contribution in [3.63, 3.8) is 0 Å². The number of hydrogen-bond donors (Lipinski definition) is 1. The average Bonchev–Trinajstić information content (AvgIpc) is 2.45. The smallest absolute Gasteiger partial charge is 0.00430 e. The molecule has 3 atom stereocenters. The van der Waals surface area contributed by atoms with E-state index in [0.29, 0.717) is 0 Å². The molecule has 0 amide bonds. The minimum atomic E-state index is 0.819. The first-order chi connectivity index (χ1) is 4.40. The van der Waals surface area contributed by atoms with E-state index >= 15 is 0 Å². The average molecular weight is 123 g/mol. The lowest BCUT2D eigenvalue weighted by atomic mass is 9.94. The summed E-state index contributed by atoms with van der Waals surface area (Å²) in [5, 5.41) is 0. The van der Waals surface area contributed by atoms with Gasteiger partial charge in [-0.2, -0.15) is 0 Å². The number of hydrogen-bond acceptors (Lipinski definition) is 1. The van der Waals surface area contributed by atoms with Gasteiger partial charge in [-0.05, 0) is 37.1 Å². The Kier molecular flexibility index (Phi) is 1.12. The fourth-order valence-electron chi connectivity index (χ4n) is 2.17. The molecule has 9 heavy (non-hydrogen) atoms. The van der Waals surface area contributed by atoms with Crippen molar-refractivity contribution >= 4 is 0 Å². The molecule has 0 aromatic heterocycles. The van der Waals surface area contributed by atoms with Crippen LogP contribution in [0.4, 0.5) is 0 Å². The summed E-state index contributed by atoms with van der Waals surface area (Å²) >= 11 is 0. The highest BCUT2D eigenvalue weighted by Crippen LogP contribution is 2.42. The second kappa shape index (κ2) is 1.84. The second-order valence-corrected chi connectivity index (χ2v) is 3.28. The predicted octanol–water partition coefficient (Wildman–Crippen LogP) is 1.16. The predicted molar refractivity (Wildman–Crippen MR) is 37.9 cm³/mol. The minimum absolute atomic E-state index is 0.819. The molecule has 1 saturated carbocycles. The molecular weight excluding hydrogens is 110 g/mol. The van der Waals surface area contributed by atoms with E-state index in [4.69, 9.17) is 5.73 Å². The summed E-state index contributed by atoms with van der Waals surface area (Å²) in [6.45, 7) is 0.894. The lowest BCUT2D eigenvalue weighted by molar-refractivity contribution is 0.459. The Balaban J connectivity index is 2.10. The fraction of sp³-hybridized carbons (Fsp3) is 0.750. The molecule has 0 radical (unpaired) electrons. The molecule has 0 aliphatic heterocycles. The summed E-state index contributed by atoms with van der Waals surface area (Å²) in [5.41, 5.74) is 5.59. The van der Waals surface area contributed by atoms with Gasteiger partial charge in [0.1, 0.15) is 0 Å². The zero-order chi connectivity index (χ0) is 6.27. The van der Waals surface area contributed by atoms with E-state index in [1.165, 1.54) is 12.8 Å². The molecule has 2 aliphatic carbocycles. The van der Waals surface area contributed by atoms with Crippen LogP contribution in [0.2, 0.25) is 0 Å². The van der Waals surface area contributed by atoms with Crippen LogP contribution < -0.4 is 5.73 Å². The van der Waals surface area contributed by atoms with Crippen molar-refractivity contribution < 1.29 is 0 Å². The molecule has 0 aromatic rings. The van der Waals surface area contributed by atoms with Gasteiger partial charge < -0.3 is 5.73 Å². The van der Waals surface area contributed by atoms with Gasteiger partial charge in [0.25, 0.3) is 0 Å². The van der Waals surface area contributed by atoms with Gasteiger partial charge in [-0.25, -0.2) is 0 Å². The van der Waals surface area contributed by atoms with E-state index in [0.717, 1.165) is 24.3 Å². The van der Waals surface area contributed by atoms with Crippen molar-refractivity contribution in [1.82, 2.24) is 0 Å². The van der Waals surface area contributed by atoms with Crippen molar-refractivity contribution in [2.24, 2.45) is 23.5 Å². The molecule has 1 nitrogen and oxygen atoms in total. The molecule has 0 saturated heterocycles. The molecule has 1 heteroatoms. The van der Waals surface area contributed by atoms with Crippen LogP contribution in [0.25, 0.3) is 0 Å². The van der Waals surface area contributed by atoms with E-state index in [1.54, 1.807) is 0 Å². The van der Waals surface area contributed by atoms with Gasteiger partial charge in [0.05, 0.1) is 0 Å². The molecule has 2 rings (SSSR count). The van der Waals surface area contributed by atoms with E-state index in [9.17, 15) is 0 Å². The molecule has 2 bridgehead atoms. The number of nitrogens with two attached hydrogens (primary N) is 1. The van der Waals surface area contributed by atoms with Gasteiger partial charge in [-0.3, -0.25) is 0 Å². The summed E-state index contributed by atoms with van der Waals surface area (Å²) in [5.74, 6) is 2.56. The van der Waals surface area contributed by atoms with Crippen molar-refractivity contribution in [1.29, 1.82) is 0 Å². The van der Waals surface area contributed by atoms with Gasteiger partial charge in [-0.15, -0.1) is 0 Å². The van der Waals surface area contributed by atoms with Crippen LogP contribution in [0.15, 0.2) is 12.2 Å². The van der Waals surface area contributed by atoms with Gasteiger partial charge in [0.15, 0.2) is 0 Å². The highest BCUT2D eigenvalue weighted by atomic mass is 14.6. The topological polar surface area (TPSA) is 26.0 Å². The maximum Gasteiger partial charge on any atom is -0.00430 e. The summed E-state index contributed by atoms with van der Waals surface area (Å²) < 4.78 is 0. The summed E-state index contributed by atoms with van der Waals surface area (Å²) in [6.07, 6.45) is 7.46. The molecule has 0 aromatic carbocycles. The van der Waals surface area contributed by atoms with Gasteiger partial charge in [0.2, 0.25) is 0 Å². The highest BCUT2D eigenvalue weighted by molar-refractivity contribution is 5.10. The van der Waals surface area contributed by atoms with Crippen LogP contribution in [0.1, 0.15) is 12.8 Å². The third-order valence-corrected chi connectivity index (χ3v) is 2.72. The van der Waals surface area contributed by atoms with Crippen LogP contribution in [0, 0.1) is 17.8 Å². The maximum absolute atomic E-state index is 5.59. The zero-order valence-corrected chi connectivity index (χ0v) is 5.59. The summed E-state index contributed by atoms with van der Waals surface area (Å²) in [4.78, 5) is 0. The molecule has 2 aliphatic rings. The Morgan fingerprint density at radius 1 is 1.33 bits per heavy atom. The molecule has 2 N–H and O–H groups in total. The number of fused-ring (bicyclic) bond motifs is 2. The van der Waals surface area contributed by atoms with E-state index < -0.39 is 0 Å². The quantitative estimate of drug-likeness (QED) is 0.520. The van der Waals surface area contributed by atoms with Crippen molar-refractivity contribution in [2.75, 3.05) is 6.54 Å². The van der Waals surface area contributed by atoms with E-state index in [1.807, 2.05) is 0 Å². The van der Waals surface area contributed by atoms with E-state index in [-0.39, 0.29) is 0 Å². The first-order valence-corrected chi connectivity index (χ1v) is 3.78. The van der Waals surface area contributed by atoms with Crippen LogP contribution >= 0.6 is 0 Å². The molecule has 1 fully saturated rings. The van der Waals surface area contributed by atoms with E-state index in [2.05, 4.69) is 12.2 Å². The number of allylic oxidation sites excluding steroid dienone is 2.